The van der Waals surface area contributed by atoms with Crippen molar-refractivity contribution in [2.75, 3.05) is 13.2 Å². The van der Waals surface area contributed by atoms with Crippen LogP contribution in [0, 0.1) is 0 Å². The molecule has 0 aromatic carbocycles. The van der Waals surface area contributed by atoms with Gasteiger partial charge in [-0.1, -0.05) is 6.07 Å². The molecule has 2 N–H and O–H groups in total. The number of aliphatic hydroxyl groups is 1. The lowest BCUT2D eigenvalue weighted by molar-refractivity contribution is -0.0490. The fourth-order valence-corrected chi connectivity index (χ4v) is 1.11. The van der Waals surface area contributed by atoms with Gasteiger partial charge in [-0.25, -0.2) is 8.78 Å². The average Bonchev–Trinajstić information content (AvgIpc) is 2.27. The minimum Gasteiger partial charge on any atom is -0.390 e. The van der Waals surface area contributed by atoms with Crippen LogP contribution in [0.25, 0.3) is 0 Å². The van der Waals surface area contributed by atoms with Gasteiger partial charge < -0.3 is 10.4 Å². The molecule has 1 atom stereocenters. The Morgan fingerprint density at radius 2 is 2.33 bits per heavy atom. The van der Waals surface area contributed by atoms with E-state index < -0.39 is 19.1 Å². The van der Waals surface area contributed by atoms with Crippen LogP contribution in [0.5, 0.6) is 0 Å². The third-order valence-corrected chi connectivity index (χ3v) is 2.08. The van der Waals surface area contributed by atoms with Gasteiger partial charge in [0.2, 0.25) is 0 Å². The maximum Gasteiger partial charge on any atom is 0.282 e. The zero-order valence-electron chi connectivity index (χ0n) is 8.45. The number of pyridine rings is 1. The molecule has 0 saturated carbocycles. The number of nitrogens with one attached hydrogen (secondary N) is 1. The summed E-state index contributed by atoms with van der Waals surface area (Å²) in [6.07, 6.45) is 3.24. The topological polar surface area (TPSA) is 45.1 Å². The summed E-state index contributed by atoms with van der Waals surface area (Å²) < 4.78 is 25.4. The summed E-state index contributed by atoms with van der Waals surface area (Å²) in [6, 6.07) is 3.34. The molecule has 0 radical (unpaired) electrons. The van der Waals surface area contributed by atoms with E-state index in [4.69, 9.17) is 5.11 Å². The van der Waals surface area contributed by atoms with E-state index >= 15 is 0 Å². The van der Waals surface area contributed by atoms with Gasteiger partial charge in [0, 0.05) is 18.4 Å². The lowest BCUT2D eigenvalue weighted by atomic mass is 10.1. The highest BCUT2D eigenvalue weighted by molar-refractivity contribution is 5.12. The molecule has 0 bridgehead atoms. The second kappa shape index (κ2) is 5.14. The molecule has 1 unspecified atom stereocenters. The first-order valence-corrected chi connectivity index (χ1v) is 4.67. The maximum absolute atomic E-state index is 12.7. The Hall–Kier alpha value is -1.07. The van der Waals surface area contributed by atoms with Crippen LogP contribution in [-0.2, 0) is 0 Å². The average molecular weight is 216 g/mol. The third-order valence-electron chi connectivity index (χ3n) is 2.08. The molecular formula is C10H14F2N2O. The number of halogens is 2. The highest BCUT2D eigenvalue weighted by Crippen LogP contribution is 2.14. The molecule has 1 rings (SSSR count). The normalized spacial score (nSPS) is 13.9. The standard InChI is InChI=1S/C10H14F2N2O/c1-8(9-3-2-4-13-5-9)14-6-10(11,12)7-15/h2-5,8,14-15H,6-7H2,1H3. The van der Waals surface area contributed by atoms with E-state index in [0.717, 1.165) is 5.56 Å². The highest BCUT2D eigenvalue weighted by Gasteiger charge is 2.27. The van der Waals surface area contributed by atoms with Crippen molar-refractivity contribution in [1.29, 1.82) is 0 Å². The zero-order chi connectivity index (χ0) is 11.3. The van der Waals surface area contributed by atoms with Gasteiger partial charge in [-0.05, 0) is 18.6 Å². The molecule has 15 heavy (non-hydrogen) atoms. The fraction of sp³-hybridized carbons (Fsp3) is 0.500. The Balaban J connectivity index is 2.47. The van der Waals surface area contributed by atoms with Crippen molar-refractivity contribution in [2.45, 2.75) is 18.9 Å². The first kappa shape index (κ1) is 12.0. The van der Waals surface area contributed by atoms with Crippen molar-refractivity contribution in [3.05, 3.63) is 30.1 Å². The molecule has 84 valence electrons. The molecule has 0 aliphatic carbocycles. The van der Waals surface area contributed by atoms with Crippen LogP contribution in [0.1, 0.15) is 18.5 Å². The van der Waals surface area contributed by atoms with E-state index in [1.807, 2.05) is 6.07 Å². The molecule has 0 aliphatic heterocycles. The first-order valence-electron chi connectivity index (χ1n) is 4.67. The van der Waals surface area contributed by atoms with Crippen molar-refractivity contribution < 1.29 is 13.9 Å². The Labute approximate surface area is 87.2 Å². The number of aromatic nitrogens is 1. The van der Waals surface area contributed by atoms with Gasteiger partial charge in [-0.2, -0.15) is 0 Å². The van der Waals surface area contributed by atoms with Crippen molar-refractivity contribution >= 4 is 0 Å². The van der Waals surface area contributed by atoms with Gasteiger partial charge in [0.1, 0.15) is 6.61 Å². The van der Waals surface area contributed by atoms with Crippen LogP contribution in [0.15, 0.2) is 24.5 Å². The molecular weight excluding hydrogens is 202 g/mol. The van der Waals surface area contributed by atoms with E-state index in [1.54, 1.807) is 25.4 Å². The quantitative estimate of drug-likeness (QED) is 0.781. The van der Waals surface area contributed by atoms with Crippen molar-refractivity contribution in [3.63, 3.8) is 0 Å². The number of hydrogen-bond donors (Lipinski definition) is 2. The summed E-state index contributed by atoms with van der Waals surface area (Å²) in [6.45, 7) is 0.0871. The second-order valence-corrected chi connectivity index (χ2v) is 3.40. The Morgan fingerprint density at radius 3 is 2.87 bits per heavy atom. The van der Waals surface area contributed by atoms with E-state index in [0.29, 0.717) is 0 Å². The molecule has 0 saturated heterocycles. The summed E-state index contributed by atoms with van der Waals surface area (Å²) >= 11 is 0. The largest absolute Gasteiger partial charge is 0.390 e. The van der Waals surface area contributed by atoms with Crippen molar-refractivity contribution in [1.82, 2.24) is 10.3 Å². The number of aliphatic hydroxyl groups excluding tert-OH is 1. The molecule has 0 fully saturated rings. The van der Waals surface area contributed by atoms with E-state index in [-0.39, 0.29) is 6.04 Å². The first-order chi connectivity index (χ1) is 7.05. The van der Waals surface area contributed by atoms with Gasteiger partial charge >= 0.3 is 0 Å². The smallest absolute Gasteiger partial charge is 0.282 e. The summed E-state index contributed by atoms with van der Waals surface area (Å²) in [7, 11) is 0. The number of hydrogen-bond acceptors (Lipinski definition) is 3. The van der Waals surface area contributed by atoms with Crippen LogP contribution < -0.4 is 5.32 Å². The fourth-order valence-electron chi connectivity index (χ4n) is 1.11. The molecule has 1 heterocycles. The molecule has 3 nitrogen and oxygen atoms in total. The molecule has 0 amide bonds. The Kier molecular flexibility index (Phi) is 4.11. The van der Waals surface area contributed by atoms with E-state index in [9.17, 15) is 8.78 Å². The number of nitrogens with zero attached hydrogens (tertiary/aromatic N) is 1. The molecule has 0 aliphatic rings. The van der Waals surface area contributed by atoms with Crippen LogP contribution in [0.3, 0.4) is 0 Å². The van der Waals surface area contributed by atoms with Crippen LogP contribution in [0.2, 0.25) is 0 Å². The monoisotopic (exact) mass is 216 g/mol. The minimum atomic E-state index is -3.07. The Bertz CT molecular complexity index is 293. The van der Waals surface area contributed by atoms with E-state index in [1.165, 1.54) is 0 Å². The lowest BCUT2D eigenvalue weighted by Crippen LogP contribution is -2.37. The summed E-state index contributed by atoms with van der Waals surface area (Å²) in [4.78, 5) is 3.89. The van der Waals surface area contributed by atoms with Gasteiger partial charge in [0.25, 0.3) is 5.92 Å². The summed E-state index contributed by atoms with van der Waals surface area (Å²) in [5.41, 5.74) is 0.839. The van der Waals surface area contributed by atoms with Gasteiger partial charge in [0.05, 0.1) is 6.54 Å². The predicted molar refractivity (Wildman–Crippen MR) is 52.7 cm³/mol. The zero-order valence-corrected chi connectivity index (χ0v) is 8.45. The molecule has 0 spiro atoms. The second-order valence-electron chi connectivity index (χ2n) is 3.40. The Morgan fingerprint density at radius 1 is 1.60 bits per heavy atom. The van der Waals surface area contributed by atoms with Crippen LogP contribution in [-0.4, -0.2) is 29.2 Å². The molecule has 5 heteroatoms. The molecule has 1 aromatic rings. The minimum absolute atomic E-state index is 0.212. The van der Waals surface area contributed by atoms with Crippen LogP contribution >= 0.6 is 0 Å². The lowest BCUT2D eigenvalue weighted by Gasteiger charge is -2.18. The predicted octanol–water partition coefficient (Wildman–Crippen LogP) is 1.36. The van der Waals surface area contributed by atoms with Gasteiger partial charge in [0.15, 0.2) is 0 Å². The third kappa shape index (κ3) is 3.89. The summed E-state index contributed by atoms with van der Waals surface area (Å²) in [5.74, 6) is -3.07. The summed E-state index contributed by atoms with van der Waals surface area (Å²) in [5, 5.41) is 11.0. The van der Waals surface area contributed by atoms with Gasteiger partial charge in [-0.3, -0.25) is 4.98 Å². The van der Waals surface area contributed by atoms with E-state index in [2.05, 4.69) is 10.3 Å². The maximum atomic E-state index is 12.7. The van der Waals surface area contributed by atoms with Crippen molar-refractivity contribution in [2.24, 2.45) is 0 Å². The molecule has 1 aromatic heterocycles. The van der Waals surface area contributed by atoms with Crippen molar-refractivity contribution in [3.8, 4) is 0 Å². The SMILES string of the molecule is CC(NCC(F)(F)CO)c1cccnc1. The number of rotatable bonds is 5. The number of alkyl halides is 2. The van der Waals surface area contributed by atoms with Crippen LogP contribution in [0.4, 0.5) is 8.78 Å². The van der Waals surface area contributed by atoms with Gasteiger partial charge in [-0.15, -0.1) is 0 Å². The highest BCUT2D eigenvalue weighted by atomic mass is 19.3.